The van der Waals surface area contributed by atoms with E-state index in [-0.39, 0.29) is 86.1 Å². The minimum absolute atomic E-state index is 0. The van der Waals surface area contributed by atoms with Crippen molar-refractivity contribution in [3.63, 3.8) is 0 Å². The molecule has 2 saturated heterocycles. The quantitative estimate of drug-likeness (QED) is 0.177. The summed E-state index contributed by atoms with van der Waals surface area (Å²) in [6.45, 7) is 15.5. The van der Waals surface area contributed by atoms with Gasteiger partial charge in [-0.25, -0.2) is 42.1 Å². The van der Waals surface area contributed by atoms with E-state index >= 15 is 0 Å². The first-order valence-corrected chi connectivity index (χ1v) is 30.9. The van der Waals surface area contributed by atoms with Crippen molar-refractivity contribution in [3.05, 3.63) is 47.8 Å². The topological polar surface area (TPSA) is 240 Å². The molecule has 12 atom stereocenters. The number of fused-ring (bicyclic) bond motifs is 10. The zero-order valence-electron chi connectivity index (χ0n) is 51.9. The molecule has 4 aliphatic carbocycles. The Morgan fingerprint density at radius 1 is 0.586 bits per heavy atom. The molecule has 0 unspecified atom stereocenters. The summed E-state index contributed by atoms with van der Waals surface area (Å²) in [5.74, 6) is 1.56. The minimum Gasteiger partial charge on any atom is -0.540 e. The number of nitrogens with one attached hydrogen (secondary N) is 2. The molecule has 4 bridgehead atoms. The fourth-order valence-electron chi connectivity index (χ4n) is 13.7. The molecule has 22 heteroatoms. The normalized spacial score (nSPS) is 30.2. The summed E-state index contributed by atoms with van der Waals surface area (Å²) in [6.07, 6.45) is 16.4. The van der Waals surface area contributed by atoms with Crippen molar-refractivity contribution in [2.45, 2.75) is 200 Å². The third-order valence-corrected chi connectivity index (χ3v) is 19.5. The summed E-state index contributed by atoms with van der Waals surface area (Å²) in [5, 5.41) is 5.69. The van der Waals surface area contributed by atoms with Gasteiger partial charge in [-0.1, -0.05) is 73.9 Å². The number of carbonyl (C=O) groups excluding carboxylic acids is 6. The van der Waals surface area contributed by atoms with Crippen LogP contribution in [0.1, 0.15) is 150 Å². The van der Waals surface area contributed by atoms with Crippen LogP contribution in [0.5, 0.6) is 23.3 Å². The molecule has 20 nitrogen and oxygen atoms in total. The number of hydrogen-bond donors (Lipinski definition) is 2. The van der Waals surface area contributed by atoms with Gasteiger partial charge >= 0.3 is 12.2 Å². The Labute approximate surface area is 534 Å². The molecule has 2 aromatic carbocycles. The average molecular weight is 1270 g/mol. The van der Waals surface area contributed by atoms with Crippen LogP contribution in [-0.2, 0) is 78.6 Å². The van der Waals surface area contributed by atoms with Gasteiger partial charge in [-0.2, -0.15) is 0 Å². The molecular weight excluding hydrogens is 1190 g/mol. The van der Waals surface area contributed by atoms with E-state index in [1.807, 2.05) is 91.8 Å². The summed E-state index contributed by atoms with van der Waals surface area (Å²) in [5.41, 5.74) is 3.74. The van der Waals surface area contributed by atoms with E-state index < -0.39 is 59.4 Å². The van der Waals surface area contributed by atoms with E-state index in [1.165, 1.54) is 35.5 Å². The Kier molecular flexibility index (Phi) is 19.7. The van der Waals surface area contributed by atoms with Crippen LogP contribution >= 0.6 is 0 Å². The molecule has 87 heavy (non-hydrogen) atoms. The van der Waals surface area contributed by atoms with E-state index in [1.54, 1.807) is 14.2 Å². The maximum atomic E-state index is 14.1. The van der Waals surface area contributed by atoms with Gasteiger partial charge in [0.2, 0.25) is 23.6 Å². The van der Waals surface area contributed by atoms with Crippen LogP contribution < -0.4 is 29.6 Å². The third kappa shape index (κ3) is 14.5. The maximum absolute atomic E-state index is 14.1. The number of hydrogen-bond acceptors (Lipinski definition) is 16. The van der Waals surface area contributed by atoms with Crippen LogP contribution in [0.3, 0.4) is 0 Å². The Bertz CT molecular complexity index is 3220. The maximum Gasteiger partial charge on any atom is 0.408 e. The van der Waals surface area contributed by atoms with E-state index in [2.05, 4.69) is 23.2 Å². The zero-order valence-corrected chi connectivity index (χ0v) is 54.7. The van der Waals surface area contributed by atoms with Gasteiger partial charge in [-0.3, -0.25) is 9.59 Å². The van der Waals surface area contributed by atoms with E-state index in [0.717, 1.165) is 73.8 Å². The molecule has 6 fully saturated rings. The molecule has 2 aromatic heterocycles. The third-order valence-electron chi connectivity index (χ3n) is 19.5. The molecule has 6 heterocycles. The summed E-state index contributed by atoms with van der Waals surface area (Å²) >= 11 is 0. The molecule has 12 rings (SSSR count). The number of aryl methyl sites for hydroxylation is 2. The van der Waals surface area contributed by atoms with E-state index in [9.17, 15) is 28.8 Å². The van der Waals surface area contributed by atoms with Crippen LogP contribution in [-0.4, -0.2) is 142 Å². The second kappa shape index (κ2) is 26.0. The Balaban J connectivity index is 0.000000203. The molecule has 2 N–H and O–H groups in total. The number of amides is 4. The Morgan fingerprint density at radius 3 is 1.41 bits per heavy atom. The molecule has 4 amide bonds. The summed E-state index contributed by atoms with van der Waals surface area (Å²) in [7, 11) is 3.22. The first-order valence-electron chi connectivity index (χ1n) is 30.9. The molecule has 468 valence electrons. The van der Waals surface area contributed by atoms with Gasteiger partial charge in [0.1, 0.15) is 59.4 Å². The number of nitrogens with zero attached hydrogens (tertiary/aromatic N) is 6. The van der Waals surface area contributed by atoms with Crippen molar-refractivity contribution in [3.8, 4) is 23.3 Å². The van der Waals surface area contributed by atoms with Crippen molar-refractivity contribution >= 4 is 58.6 Å². The van der Waals surface area contributed by atoms with Crippen molar-refractivity contribution in [2.24, 2.45) is 45.3 Å². The van der Waals surface area contributed by atoms with Crippen LogP contribution in [0.15, 0.2) is 36.4 Å². The van der Waals surface area contributed by atoms with Gasteiger partial charge in [0.15, 0.2) is 0 Å². The standard InChI is InChI=1S/C33H43N4O6.C32H41N4O6.2V/c1-6-21-25(18-38)37-17-27(21)42-29-23(34-22-10-9-20(41-5)15-24(22)35-29)8-7-11-33(12-13-33)16-19-14-26(19)43-31(40)36-28(30(37)39)32(2,3)4;1-18-24(17-37)36-16-26(18)41-28-22(33-21-9-8-20(40-5)14-23(21)34-28)7-6-10-32(11-12-32)15-19-13-25(19)42-30(39)35-27(29(36)38)31(2,3)4;;/h9-10,15,19,21,25-28H,6-8,11-14,16-17H2,1-5H3,(H,36,40);8-9,14,18-19,24-27H,6-7,10-13,15-16H2,1-5H3,(H,35,39);;/q2*-1;;/t19-,21-,25+,26+,27-,28+;18-,19-,24+,25+,26-,27+;;/m00../s1. The van der Waals surface area contributed by atoms with Gasteiger partial charge < -0.3 is 58.4 Å². The number of benzene rings is 2. The van der Waals surface area contributed by atoms with Crippen LogP contribution in [0.4, 0.5) is 9.59 Å². The fraction of sp³-hybridized carbons (Fsp3) is 0.662. The Hall–Kier alpha value is -5.69. The number of alkyl carbamates (subject to hydrolysis) is 2. The van der Waals surface area contributed by atoms with Crippen LogP contribution in [0, 0.1) is 45.3 Å². The second-order valence-electron chi connectivity index (χ2n) is 27.9. The van der Waals surface area contributed by atoms with Crippen LogP contribution in [0.25, 0.3) is 22.1 Å². The molecule has 4 aromatic rings. The SMILES string of the molecule is CC[C@@H]1[C@@H]2CN(C(=O)[C@H](C(C)(C)C)NC(=O)O[C@@H]3C[C@H]3CC3(CCCc4nc5ccc(OC)cc5nc4O2)CC3)[C@@H]1[C-]=O.COc1ccc2nc3c(nc2c1)O[C@H]1CN(C(=O)[C@H](C(C)(C)C)NC(=O)O[C@@H]2C[C@H]2CC2(CCC3)CC2)[C@H]([C-]=O)[C@@H]1C.[V].[V]. The number of methoxy groups -OCH3 is 2. The molecule has 2 spiro atoms. The molecular formula is C65H84N8O12V2-2. The largest absolute Gasteiger partial charge is 0.540 e. The number of rotatable bonds is 5. The number of ether oxygens (including phenoxy) is 6. The van der Waals surface area contributed by atoms with Gasteiger partial charge in [0, 0.05) is 61.1 Å². The molecule has 4 saturated carbocycles. The monoisotopic (exact) mass is 1270 g/mol. The fourth-order valence-corrected chi connectivity index (χ4v) is 13.7. The average Bonchev–Trinajstić information content (AvgIpc) is 1.77. The van der Waals surface area contributed by atoms with Gasteiger partial charge in [0.05, 0.1) is 49.4 Å². The van der Waals surface area contributed by atoms with Crippen LogP contribution in [0.2, 0.25) is 0 Å². The first-order chi connectivity index (χ1) is 40.5. The molecule has 2 radical (unpaired) electrons. The summed E-state index contributed by atoms with van der Waals surface area (Å²) in [6, 6.07) is 7.81. The van der Waals surface area contributed by atoms with Crippen molar-refractivity contribution in [1.29, 1.82) is 0 Å². The van der Waals surface area contributed by atoms with Crippen molar-refractivity contribution in [2.75, 3.05) is 27.3 Å². The molecule has 8 aliphatic rings. The van der Waals surface area contributed by atoms with Gasteiger partial charge in [-0.05, 0) is 148 Å². The number of aromatic nitrogens is 4. The predicted molar refractivity (Wildman–Crippen MR) is 314 cm³/mol. The molecule has 4 aliphatic heterocycles. The first kappa shape index (κ1) is 65.7. The number of carbonyl (C=O) groups is 4. The van der Waals surface area contributed by atoms with Gasteiger partial charge in [0.25, 0.3) is 0 Å². The Morgan fingerprint density at radius 2 is 1.01 bits per heavy atom. The van der Waals surface area contributed by atoms with E-state index in [4.69, 9.17) is 48.4 Å². The van der Waals surface area contributed by atoms with Crippen molar-refractivity contribution in [1.82, 2.24) is 40.4 Å². The second-order valence-corrected chi connectivity index (χ2v) is 27.9. The van der Waals surface area contributed by atoms with Gasteiger partial charge in [-0.15, -0.1) is 0 Å². The van der Waals surface area contributed by atoms with Crippen molar-refractivity contribution < 1.29 is 94.3 Å². The smallest absolute Gasteiger partial charge is 0.408 e. The summed E-state index contributed by atoms with van der Waals surface area (Å²) in [4.78, 5) is 101. The summed E-state index contributed by atoms with van der Waals surface area (Å²) < 4.78 is 35.6. The predicted octanol–water partition coefficient (Wildman–Crippen LogP) is 9.14. The van der Waals surface area contributed by atoms with E-state index in [0.29, 0.717) is 76.2 Å². The zero-order chi connectivity index (χ0) is 60.3. The minimum atomic E-state index is -0.888.